The van der Waals surface area contributed by atoms with Crippen molar-refractivity contribution in [3.8, 4) is 0 Å². The van der Waals surface area contributed by atoms with E-state index in [4.69, 9.17) is 0 Å². The predicted octanol–water partition coefficient (Wildman–Crippen LogP) is 1.73. The molecule has 58 valence electrons. The van der Waals surface area contributed by atoms with E-state index in [0.29, 0.717) is 0 Å². The molecular weight excluding hydrogens is 151 g/mol. The number of halogens is 3. The van der Waals surface area contributed by atoms with Crippen molar-refractivity contribution in [2.75, 3.05) is 0 Å². The van der Waals surface area contributed by atoms with Gasteiger partial charge in [-0.3, -0.25) is 10.1 Å². The van der Waals surface area contributed by atoms with Crippen molar-refractivity contribution in [3.05, 3.63) is 21.9 Å². The number of hydrogen-bond donors (Lipinski definition) is 0. The van der Waals surface area contributed by atoms with Crippen LogP contribution in [0.15, 0.2) is 11.8 Å². The van der Waals surface area contributed by atoms with Gasteiger partial charge in [-0.15, -0.1) is 0 Å². The quantitative estimate of drug-likeness (QED) is 0.427. The lowest BCUT2D eigenvalue weighted by atomic mass is 10.4. The first-order chi connectivity index (χ1) is 4.33. The number of hydrogen-bond acceptors (Lipinski definition) is 2. The minimum Gasteiger partial charge on any atom is -0.259 e. The molecule has 0 aromatic rings. The summed E-state index contributed by atoms with van der Waals surface area (Å²) < 4.78 is 33.9. The molecule has 0 rings (SSSR count). The molecule has 0 saturated carbocycles. The molecule has 0 heterocycles. The van der Waals surface area contributed by atoms with Crippen LogP contribution < -0.4 is 0 Å². The molecule has 0 saturated heterocycles. The SMILES string of the molecule is C/C(=C\C(F)(F)F)[N+](=O)[O-]. The van der Waals surface area contributed by atoms with E-state index in [1.54, 1.807) is 0 Å². The summed E-state index contributed by atoms with van der Waals surface area (Å²) in [6.07, 6.45) is -4.95. The lowest BCUT2D eigenvalue weighted by molar-refractivity contribution is -0.426. The largest absolute Gasteiger partial charge is 0.415 e. The summed E-state index contributed by atoms with van der Waals surface area (Å²) in [5.41, 5.74) is -0.910. The van der Waals surface area contributed by atoms with Gasteiger partial charge in [-0.05, 0) is 0 Å². The Morgan fingerprint density at radius 2 is 2.00 bits per heavy atom. The zero-order chi connectivity index (χ0) is 8.36. The van der Waals surface area contributed by atoms with Gasteiger partial charge in [-0.1, -0.05) is 0 Å². The molecule has 0 aliphatic heterocycles. The van der Waals surface area contributed by atoms with E-state index in [2.05, 4.69) is 0 Å². The normalized spacial score (nSPS) is 13.4. The van der Waals surface area contributed by atoms with Gasteiger partial charge in [0, 0.05) is 6.92 Å². The second-order valence-corrected chi connectivity index (χ2v) is 1.58. The van der Waals surface area contributed by atoms with E-state index < -0.39 is 16.8 Å². The molecule has 0 amide bonds. The van der Waals surface area contributed by atoms with Crippen LogP contribution in [0.25, 0.3) is 0 Å². The van der Waals surface area contributed by atoms with Crippen LogP contribution in [-0.4, -0.2) is 11.1 Å². The Kier molecular flexibility index (Phi) is 2.39. The summed E-state index contributed by atoms with van der Waals surface area (Å²) in [5.74, 6) is 0. The summed E-state index contributed by atoms with van der Waals surface area (Å²) in [7, 11) is 0. The molecular formula is C4H4F3NO2. The molecule has 0 bridgehead atoms. The minimum absolute atomic E-state index is 0.354. The van der Waals surface area contributed by atoms with Crippen LogP contribution in [0, 0.1) is 10.1 Å². The fourth-order valence-corrected chi connectivity index (χ4v) is 0.290. The van der Waals surface area contributed by atoms with Crippen LogP contribution in [0.5, 0.6) is 0 Å². The third kappa shape index (κ3) is 3.88. The average molecular weight is 155 g/mol. The molecule has 3 nitrogen and oxygen atoms in total. The van der Waals surface area contributed by atoms with Gasteiger partial charge < -0.3 is 0 Å². The van der Waals surface area contributed by atoms with Gasteiger partial charge in [0.05, 0.1) is 11.0 Å². The Bertz CT molecular complexity index is 172. The first-order valence-corrected chi connectivity index (χ1v) is 2.23. The number of rotatable bonds is 1. The molecule has 0 fully saturated rings. The Morgan fingerprint density at radius 3 is 2.10 bits per heavy atom. The Labute approximate surface area is 54.3 Å². The molecule has 0 aliphatic carbocycles. The van der Waals surface area contributed by atoms with Crippen molar-refractivity contribution in [1.82, 2.24) is 0 Å². The monoisotopic (exact) mass is 155 g/mol. The first-order valence-electron chi connectivity index (χ1n) is 2.23. The van der Waals surface area contributed by atoms with Gasteiger partial charge in [0.15, 0.2) is 0 Å². The highest BCUT2D eigenvalue weighted by molar-refractivity contribution is 4.92. The maximum Gasteiger partial charge on any atom is 0.415 e. The summed E-state index contributed by atoms with van der Waals surface area (Å²) in [6.45, 7) is 0.785. The topological polar surface area (TPSA) is 43.1 Å². The van der Waals surface area contributed by atoms with Crippen LogP contribution in [0.3, 0.4) is 0 Å². The Morgan fingerprint density at radius 1 is 1.60 bits per heavy atom. The minimum atomic E-state index is -4.60. The second-order valence-electron chi connectivity index (χ2n) is 1.58. The van der Waals surface area contributed by atoms with Crippen molar-refractivity contribution in [1.29, 1.82) is 0 Å². The summed E-state index contributed by atoms with van der Waals surface area (Å²) >= 11 is 0. The van der Waals surface area contributed by atoms with E-state index in [9.17, 15) is 23.3 Å². The van der Waals surface area contributed by atoms with Crippen molar-refractivity contribution in [2.24, 2.45) is 0 Å². The first kappa shape index (κ1) is 8.93. The van der Waals surface area contributed by atoms with Crippen LogP contribution in [0.2, 0.25) is 0 Å². The number of allylic oxidation sites excluding steroid dienone is 2. The molecule has 0 aromatic carbocycles. The molecule has 6 heteroatoms. The smallest absolute Gasteiger partial charge is 0.259 e. The van der Waals surface area contributed by atoms with E-state index in [1.165, 1.54) is 0 Å². The van der Waals surface area contributed by atoms with Crippen molar-refractivity contribution in [3.63, 3.8) is 0 Å². The van der Waals surface area contributed by atoms with Gasteiger partial charge >= 0.3 is 6.18 Å². The maximum absolute atomic E-state index is 11.3. The van der Waals surface area contributed by atoms with Crippen LogP contribution >= 0.6 is 0 Å². The Hall–Kier alpha value is -1.07. The van der Waals surface area contributed by atoms with Crippen molar-refractivity contribution >= 4 is 0 Å². The molecule has 0 aliphatic rings. The molecule has 0 radical (unpaired) electrons. The highest BCUT2D eigenvalue weighted by Gasteiger charge is 2.27. The second kappa shape index (κ2) is 2.68. The third-order valence-corrected chi connectivity index (χ3v) is 0.661. The van der Waals surface area contributed by atoms with E-state index >= 15 is 0 Å². The third-order valence-electron chi connectivity index (χ3n) is 0.661. The molecule has 0 N–H and O–H groups in total. The average Bonchev–Trinajstić information content (AvgIpc) is 1.60. The zero-order valence-electron chi connectivity index (χ0n) is 4.97. The van der Waals surface area contributed by atoms with Crippen LogP contribution in [0.4, 0.5) is 13.2 Å². The molecule has 0 spiro atoms. The van der Waals surface area contributed by atoms with Gasteiger partial charge in [0.1, 0.15) is 0 Å². The highest BCUT2D eigenvalue weighted by Crippen LogP contribution is 2.18. The van der Waals surface area contributed by atoms with Gasteiger partial charge in [-0.2, -0.15) is 13.2 Å². The summed E-state index contributed by atoms with van der Waals surface area (Å²) in [6, 6.07) is 0. The van der Waals surface area contributed by atoms with Gasteiger partial charge in [0.25, 0.3) is 0 Å². The number of alkyl halides is 3. The Balaban J connectivity index is 4.32. The van der Waals surface area contributed by atoms with Gasteiger partial charge in [-0.25, -0.2) is 0 Å². The van der Waals surface area contributed by atoms with Crippen LogP contribution in [0.1, 0.15) is 6.92 Å². The fourth-order valence-electron chi connectivity index (χ4n) is 0.290. The summed E-state index contributed by atoms with van der Waals surface area (Å²) in [4.78, 5) is 8.52. The van der Waals surface area contributed by atoms with E-state index in [1.807, 2.05) is 0 Å². The lowest BCUT2D eigenvalue weighted by Gasteiger charge is -1.96. The highest BCUT2D eigenvalue weighted by atomic mass is 19.4. The van der Waals surface area contributed by atoms with Crippen molar-refractivity contribution in [2.45, 2.75) is 13.1 Å². The number of nitrogens with zero attached hydrogens (tertiary/aromatic N) is 1. The standard InChI is InChI=1S/C4H4F3NO2/c1-3(8(9)10)2-4(5,6)7/h2H,1H3/b3-2+. The summed E-state index contributed by atoms with van der Waals surface area (Å²) in [5, 5.41) is 9.61. The number of nitro groups is 1. The zero-order valence-corrected chi connectivity index (χ0v) is 4.97. The van der Waals surface area contributed by atoms with E-state index in [-0.39, 0.29) is 6.08 Å². The molecule has 0 unspecified atom stereocenters. The molecule has 0 atom stereocenters. The van der Waals surface area contributed by atoms with Gasteiger partial charge in [0.2, 0.25) is 5.70 Å². The molecule has 0 aromatic heterocycles. The lowest BCUT2D eigenvalue weighted by Crippen LogP contribution is -2.06. The van der Waals surface area contributed by atoms with E-state index in [0.717, 1.165) is 6.92 Å². The van der Waals surface area contributed by atoms with Crippen molar-refractivity contribution < 1.29 is 18.1 Å². The predicted molar refractivity (Wildman–Crippen MR) is 26.8 cm³/mol. The molecule has 10 heavy (non-hydrogen) atoms. The maximum atomic E-state index is 11.3. The van der Waals surface area contributed by atoms with Crippen LogP contribution in [-0.2, 0) is 0 Å². The fraction of sp³-hybridized carbons (Fsp3) is 0.500.